The summed E-state index contributed by atoms with van der Waals surface area (Å²) in [6.45, 7) is 13.3. The number of carboxylic acid groups (broad SMARTS) is 1. The lowest BCUT2D eigenvalue weighted by atomic mass is 9.99. The van der Waals surface area contributed by atoms with Crippen LogP contribution in [0.25, 0.3) is 0 Å². The van der Waals surface area contributed by atoms with Crippen molar-refractivity contribution in [1.29, 1.82) is 0 Å². The number of benzene rings is 6. The third-order valence-electron chi connectivity index (χ3n) is 13.8. The number of hydrogen-bond donors (Lipinski definition) is 1. The van der Waals surface area contributed by atoms with Crippen LogP contribution in [0.15, 0.2) is 140 Å². The molecule has 0 aromatic heterocycles. The molecule has 11 nitrogen and oxygen atoms in total. The van der Waals surface area contributed by atoms with E-state index in [2.05, 4.69) is 114 Å². The summed E-state index contributed by atoms with van der Waals surface area (Å²) in [6, 6.07) is 47.2. The largest absolute Gasteiger partial charge is 0.493 e. The Labute approximate surface area is 442 Å². The van der Waals surface area contributed by atoms with E-state index < -0.39 is 28.7 Å². The second-order valence-corrected chi connectivity index (χ2v) is 28.8. The van der Waals surface area contributed by atoms with Crippen LogP contribution in [0.1, 0.15) is 96.1 Å². The number of ether oxygens (including phenoxy) is 6. The van der Waals surface area contributed by atoms with E-state index in [1.807, 2.05) is 60.7 Å². The van der Waals surface area contributed by atoms with Crippen LogP contribution in [0.2, 0.25) is 10.1 Å². The summed E-state index contributed by atoms with van der Waals surface area (Å²) in [7, 11) is 3.81. The van der Waals surface area contributed by atoms with Gasteiger partial charge in [-0.05, 0) is 74.2 Å². The molecular weight excluding hydrogens is 965 g/mol. The zero-order chi connectivity index (χ0) is 53.0. The van der Waals surface area contributed by atoms with Crippen LogP contribution in [0.4, 0.5) is 0 Å². The van der Waals surface area contributed by atoms with E-state index >= 15 is 0 Å². The molecule has 0 amide bonds. The highest BCUT2D eigenvalue weighted by Crippen LogP contribution is 2.46. The van der Waals surface area contributed by atoms with Crippen LogP contribution >= 0.6 is 0 Å². The number of rotatable bonds is 19. The van der Waals surface area contributed by atoms with E-state index in [-0.39, 0.29) is 35.8 Å². The molecule has 74 heavy (non-hydrogen) atoms. The molecule has 1 aliphatic rings. The summed E-state index contributed by atoms with van der Waals surface area (Å²) in [4.78, 5) is 25.7. The number of ketones is 1. The van der Waals surface area contributed by atoms with Crippen LogP contribution in [-0.2, 0) is 26.5 Å². The van der Waals surface area contributed by atoms with Gasteiger partial charge in [0, 0.05) is 17.5 Å². The van der Waals surface area contributed by atoms with Crippen molar-refractivity contribution in [2.75, 3.05) is 42.7 Å². The number of aliphatic carboxylic acids is 1. The summed E-state index contributed by atoms with van der Waals surface area (Å²) in [6.07, 6.45) is 1.86. The van der Waals surface area contributed by atoms with Crippen LogP contribution in [-0.4, -0.2) is 88.4 Å². The monoisotopic (exact) mass is 1040 g/mol. The normalized spacial score (nSPS) is 14.2. The molecule has 0 bridgehead atoms. The lowest BCUT2D eigenvalue weighted by Gasteiger charge is -2.45. The number of carbonyl (C=O) groups is 2. The molecule has 0 saturated heterocycles. The Bertz CT molecular complexity index is 2660. The number of Topliss-reactive ketones (excluding diaryl/α,β-unsaturated/α-hetero) is 1. The Morgan fingerprint density at radius 3 is 1.42 bits per heavy atom. The average Bonchev–Trinajstić information content (AvgIpc) is 3.54. The van der Waals surface area contributed by atoms with Crippen molar-refractivity contribution in [2.24, 2.45) is 0 Å². The lowest BCUT2D eigenvalue weighted by Crippen LogP contribution is -2.67. The maximum absolute atomic E-state index is 13.6. The van der Waals surface area contributed by atoms with Gasteiger partial charge < -0.3 is 42.4 Å². The third-order valence-corrected chi connectivity index (χ3v) is 24.0. The fourth-order valence-corrected chi connectivity index (χ4v) is 19.9. The van der Waals surface area contributed by atoms with Crippen molar-refractivity contribution >= 4 is 49.1 Å². The zero-order valence-corrected chi connectivity index (χ0v) is 46.7. The molecule has 6 aromatic carbocycles. The van der Waals surface area contributed by atoms with Crippen molar-refractivity contribution in [3.8, 4) is 34.5 Å². The predicted octanol–water partition coefficient (Wildman–Crippen LogP) is 10.9. The fraction of sp³-hybridized carbons (Fsp3) is 0.377. The van der Waals surface area contributed by atoms with Crippen LogP contribution in [0.5, 0.6) is 34.5 Å². The fourth-order valence-electron chi connectivity index (χ4n) is 10.5. The van der Waals surface area contributed by atoms with Gasteiger partial charge in [-0.3, -0.25) is 9.59 Å². The number of hydrogen-bond acceptors (Lipinski definition) is 10. The topological polar surface area (TPSA) is 128 Å². The second-order valence-electron chi connectivity index (χ2n) is 20.3. The molecule has 0 aliphatic heterocycles. The van der Waals surface area contributed by atoms with Gasteiger partial charge in [0.2, 0.25) is 11.5 Å². The first-order valence-electron chi connectivity index (χ1n) is 24.9. The van der Waals surface area contributed by atoms with Crippen molar-refractivity contribution in [1.82, 2.24) is 0 Å². The van der Waals surface area contributed by atoms with Crippen molar-refractivity contribution in [2.45, 2.75) is 110 Å². The highest BCUT2D eigenvalue weighted by molar-refractivity contribution is 7.00. The van der Waals surface area contributed by atoms with Gasteiger partial charge in [0.05, 0.1) is 61.3 Å². The number of methoxy groups -OCH3 is 6. The van der Waals surface area contributed by atoms with Gasteiger partial charge in [-0.1, -0.05) is 176 Å². The van der Waals surface area contributed by atoms with E-state index in [1.165, 1.54) is 10.4 Å². The van der Waals surface area contributed by atoms with Gasteiger partial charge in [0.15, 0.2) is 28.8 Å². The summed E-state index contributed by atoms with van der Waals surface area (Å²) in [5.74, 6) is 2.39. The average molecular weight is 1040 g/mol. The van der Waals surface area contributed by atoms with Crippen molar-refractivity contribution in [3.63, 3.8) is 0 Å². The summed E-state index contributed by atoms with van der Waals surface area (Å²) < 4.78 is 47.9. The number of carbonyl (C=O) groups excluding carboxylic acids is 1. The first-order valence-corrected chi connectivity index (χ1v) is 28.7. The Kier molecular flexibility index (Phi) is 20.3. The second kappa shape index (κ2) is 25.7. The smallest absolute Gasteiger partial charge is 0.305 e. The minimum absolute atomic E-state index is 0. The Balaban J connectivity index is 0.000000270. The molecule has 0 fully saturated rings. The van der Waals surface area contributed by atoms with Crippen molar-refractivity contribution < 1.29 is 52.0 Å². The third kappa shape index (κ3) is 12.4. The Morgan fingerprint density at radius 1 is 0.581 bits per heavy atom. The zero-order valence-electron chi connectivity index (χ0n) is 44.7. The molecule has 0 heterocycles. The minimum atomic E-state index is -2.91. The molecule has 6 aromatic rings. The number of fused-ring (bicyclic) bond motifs is 1. The molecule has 13 heteroatoms. The SMILES string of the molecule is C.COc1cc2c(c(OC)c1OC)CCC(O[Si](c1ccccc1)(c1ccccc1)C(C)(C)C)CC2=O.COc1ccc(CCC(CC(=O)O)O[Si](c2ccccc2)(c2ccccc2)C(C)(C)C)c(OC)c1OC. The van der Waals surface area contributed by atoms with Gasteiger partial charge in [-0.25, -0.2) is 0 Å². The number of carboxylic acids is 1. The highest BCUT2D eigenvalue weighted by atomic mass is 28.4. The summed E-state index contributed by atoms with van der Waals surface area (Å²) in [5, 5.41) is 14.1. The van der Waals surface area contributed by atoms with Crippen LogP contribution in [0, 0.1) is 0 Å². The molecule has 7 rings (SSSR count). The standard InChI is InChI=1S/C30H38O6Si.C30H36O5Si.CH4/c1-30(2,3)37(24-13-9-7-10-14-24,25-15-11-8-12-16-25)36-23(21-27(31)32)19-17-22-18-20-26(33-4)29(35-6)28(22)34-5;1-30(2,3)36(22-13-9-7-10-14-22,23-15-11-8-12-16-23)35-21-17-18-24-25(26(31)19-21)20-27(32-4)29(34-6)28(24)33-5;/h7-16,18,20,23H,17,19,21H2,1-6H3,(H,31,32);7-16,20-21H,17-19H2,1-6H3;1H4. The summed E-state index contributed by atoms with van der Waals surface area (Å²) in [5.41, 5.74) is 2.38. The van der Waals surface area contributed by atoms with Crippen LogP contribution < -0.4 is 49.2 Å². The summed E-state index contributed by atoms with van der Waals surface area (Å²) >= 11 is 0. The molecule has 2 unspecified atom stereocenters. The van der Waals surface area contributed by atoms with E-state index in [4.69, 9.17) is 37.3 Å². The molecule has 0 spiro atoms. The molecule has 2 atom stereocenters. The predicted molar refractivity (Wildman–Crippen MR) is 302 cm³/mol. The molecule has 396 valence electrons. The quantitative estimate of drug-likeness (QED) is 0.0615. The highest BCUT2D eigenvalue weighted by Gasteiger charge is 2.53. The molecular formula is C61H78O11Si2. The molecule has 0 saturated carbocycles. The van der Waals surface area contributed by atoms with Gasteiger partial charge in [0.1, 0.15) is 0 Å². The van der Waals surface area contributed by atoms with Crippen molar-refractivity contribution in [3.05, 3.63) is 156 Å². The van der Waals surface area contributed by atoms with E-state index in [0.29, 0.717) is 72.2 Å². The number of aryl methyl sites for hydroxylation is 1. The van der Waals surface area contributed by atoms with Gasteiger partial charge >= 0.3 is 5.97 Å². The van der Waals surface area contributed by atoms with Gasteiger partial charge in [-0.2, -0.15) is 0 Å². The van der Waals surface area contributed by atoms with E-state index in [0.717, 1.165) is 21.5 Å². The van der Waals surface area contributed by atoms with Gasteiger partial charge in [-0.15, -0.1) is 0 Å². The molecule has 1 N–H and O–H groups in total. The first kappa shape index (κ1) is 58.5. The van der Waals surface area contributed by atoms with Gasteiger partial charge in [0.25, 0.3) is 16.6 Å². The first-order chi connectivity index (χ1) is 34.9. The van der Waals surface area contributed by atoms with E-state index in [1.54, 1.807) is 48.7 Å². The van der Waals surface area contributed by atoms with E-state index in [9.17, 15) is 14.7 Å². The Hall–Kier alpha value is -6.39. The maximum Gasteiger partial charge on any atom is 0.305 e. The molecule has 0 radical (unpaired) electrons. The van der Waals surface area contributed by atoms with Crippen LogP contribution in [0.3, 0.4) is 0 Å². The lowest BCUT2D eigenvalue weighted by molar-refractivity contribution is -0.139. The minimum Gasteiger partial charge on any atom is -0.493 e. The maximum atomic E-state index is 13.6. The molecule has 1 aliphatic carbocycles. The Morgan fingerprint density at radius 2 is 1.01 bits per heavy atom.